The zero-order valence-corrected chi connectivity index (χ0v) is 47.3. The van der Waals surface area contributed by atoms with E-state index in [0.717, 1.165) is 12.8 Å². The maximum atomic E-state index is 14.5. The second kappa shape index (κ2) is 32.5. The minimum atomic E-state index is -1.71. The van der Waals surface area contributed by atoms with Crippen molar-refractivity contribution in [2.45, 2.75) is 179 Å². The van der Waals surface area contributed by atoms with Crippen molar-refractivity contribution in [2.24, 2.45) is 34.0 Å². The van der Waals surface area contributed by atoms with Gasteiger partial charge in [-0.25, -0.2) is 4.98 Å². The number of aliphatic hydroxyl groups is 1. The van der Waals surface area contributed by atoms with Crippen molar-refractivity contribution in [3.05, 3.63) is 54.1 Å². The Bertz CT molecular complexity index is 2470. The zero-order chi connectivity index (χ0) is 59.9. The molecule has 4 rings (SSSR count). The van der Waals surface area contributed by atoms with Crippen LogP contribution in [0.25, 0.3) is 0 Å². The Hall–Kier alpha value is -7.68. The molecule has 1 aromatic carbocycles. The summed E-state index contributed by atoms with van der Waals surface area (Å²) in [5.41, 5.74) is 18.3. The van der Waals surface area contributed by atoms with Crippen LogP contribution >= 0.6 is 0 Å². The number of nitrogens with two attached hydrogens (primary N) is 3. The number of amides is 9. The minimum absolute atomic E-state index is 0.0104. The zero-order valence-electron chi connectivity index (χ0n) is 47.3. The fourth-order valence-electron chi connectivity index (χ4n) is 9.60. The predicted molar refractivity (Wildman–Crippen MR) is 298 cm³/mol. The number of carbonyl (C=O) groups is 10. The van der Waals surface area contributed by atoms with Crippen LogP contribution in [0.5, 0.6) is 0 Å². The molecule has 0 saturated carbocycles. The summed E-state index contributed by atoms with van der Waals surface area (Å²) in [7, 11) is 0. The van der Waals surface area contributed by atoms with Crippen LogP contribution in [0.2, 0.25) is 0 Å². The molecule has 448 valence electrons. The number of likely N-dealkylation sites (tertiary alicyclic amines) is 2. The van der Waals surface area contributed by atoms with Gasteiger partial charge in [0.2, 0.25) is 53.2 Å². The van der Waals surface area contributed by atoms with Gasteiger partial charge in [0, 0.05) is 44.4 Å². The number of aliphatic carboxylic acids is 1. The van der Waals surface area contributed by atoms with Crippen LogP contribution in [0.4, 0.5) is 0 Å². The first-order valence-electron chi connectivity index (χ1n) is 27.8. The Labute approximate surface area is 472 Å². The van der Waals surface area contributed by atoms with Gasteiger partial charge >= 0.3 is 5.97 Å². The van der Waals surface area contributed by atoms with Crippen LogP contribution in [-0.4, -0.2) is 182 Å². The van der Waals surface area contributed by atoms with Crippen LogP contribution in [0.1, 0.15) is 117 Å². The Kier molecular flexibility index (Phi) is 26.5. The summed E-state index contributed by atoms with van der Waals surface area (Å²) in [5.74, 6) is -8.73. The van der Waals surface area contributed by atoms with E-state index in [-0.39, 0.29) is 69.4 Å². The summed E-state index contributed by atoms with van der Waals surface area (Å²) in [6, 6.07) is -3.45. The van der Waals surface area contributed by atoms with Crippen molar-refractivity contribution < 1.29 is 58.2 Å². The topological polar surface area (TPSA) is 421 Å². The summed E-state index contributed by atoms with van der Waals surface area (Å²) >= 11 is 0. The van der Waals surface area contributed by atoms with Crippen LogP contribution in [-0.2, 0) is 60.8 Å². The molecule has 0 bridgehead atoms. The first kappa shape index (κ1) is 65.8. The van der Waals surface area contributed by atoms with E-state index >= 15 is 0 Å². The number of aromatic amines is 1. The summed E-state index contributed by atoms with van der Waals surface area (Å²) in [4.78, 5) is 151. The van der Waals surface area contributed by atoms with Crippen molar-refractivity contribution in [1.29, 1.82) is 0 Å². The molecule has 2 aliphatic rings. The number of benzene rings is 1. The molecule has 2 saturated heterocycles. The summed E-state index contributed by atoms with van der Waals surface area (Å²) in [6.45, 7) is 9.76. The largest absolute Gasteiger partial charge is 0.480 e. The highest BCUT2D eigenvalue weighted by molar-refractivity contribution is 5.99. The lowest BCUT2D eigenvalue weighted by Gasteiger charge is -2.32. The third-order valence-corrected chi connectivity index (χ3v) is 14.1. The molecule has 0 unspecified atom stereocenters. The Morgan fingerprint density at radius 2 is 1.23 bits per heavy atom. The van der Waals surface area contributed by atoms with Crippen LogP contribution in [0.3, 0.4) is 0 Å². The van der Waals surface area contributed by atoms with Crippen LogP contribution in [0, 0.1) is 11.8 Å². The number of aliphatic hydroxyl groups excluding tert-OH is 1. The Morgan fingerprint density at radius 3 is 1.79 bits per heavy atom. The van der Waals surface area contributed by atoms with Gasteiger partial charge in [0.25, 0.3) is 0 Å². The molecule has 2 aromatic rings. The normalized spacial score (nSPS) is 18.0. The summed E-state index contributed by atoms with van der Waals surface area (Å²) in [5, 5.41) is 38.4. The van der Waals surface area contributed by atoms with Gasteiger partial charge in [-0.05, 0) is 75.7 Å². The molecule has 3 heterocycles. The molecule has 27 heteroatoms. The number of aliphatic imine (C=N–C) groups is 1. The van der Waals surface area contributed by atoms with Crippen molar-refractivity contribution in [3.63, 3.8) is 0 Å². The molecule has 2 aliphatic heterocycles. The Morgan fingerprint density at radius 1 is 0.691 bits per heavy atom. The number of imidazole rings is 1. The first-order valence-corrected chi connectivity index (χ1v) is 27.8. The standard InChI is InChI=1S/C54H85N15O12/c1-7-8-17-35(55)51(78)68-22-13-19-41(68)49(76)64-37(24-30(2)3)46(73)63-39(26-34-27-58-29-60-34)47(74)66-40(28-70)48(75)62-36(18-12-21-59-54(56)57)44(71)67-43(31(4)5)52(79)69-23-14-20-42(69)50(77)65-38(25-33-15-10-9-11-16-33)45(72)61-32(6)53(80)81/h9-11,15-16,27,29-32,35-43,70H,7-8,12-14,17-26,28,55H2,1-6H3,(H,58,60)(H,61,72)(H,62,75)(H,63,73)(H,64,76)(H,65,77)(H,66,74)(H,67,71)(H,80,81)(H4,56,57,59)/t32-,35-,36-,37-,38-,39-,40-,41-,42-,43-/m0/s1. The number of hydrogen-bond acceptors (Lipinski definition) is 14. The molecule has 1 aromatic heterocycles. The molecule has 81 heavy (non-hydrogen) atoms. The van der Waals surface area contributed by atoms with E-state index < -0.39 is 126 Å². The number of nitrogens with zero attached hydrogens (tertiary/aromatic N) is 4. The SMILES string of the molecule is CCCC[C@H](N)C(=O)N1CCC[C@H]1C(=O)N[C@@H](CC(C)C)C(=O)N[C@@H](Cc1cnc[nH]1)C(=O)N[C@@H](CO)C(=O)N[C@@H](CCCN=C(N)N)C(=O)N[C@H](C(=O)N1CCC[C@H]1C(=O)N[C@@H](Cc1ccccc1)C(=O)N[C@@H](C)C(=O)O)C(C)C. The van der Waals surface area contributed by atoms with Gasteiger partial charge in [-0.3, -0.25) is 52.9 Å². The van der Waals surface area contributed by atoms with E-state index in [2.05, 4.69) is 52.2 Å². The molecule has 0 spiro atoms. The molecular weight excluding hydrogens is 1050 g/mol. The molecule has 16 N–H and O–H groups in total. The highest BCUT2D eigenvalue weighted by Gasteiger charge is 2.42. The number of hydrogen-bond donors (Lipinski definition) is 13. The molecule has 27 nitrogen and oxygen atoms in total. The lowest BCUT2D eigenvalue weighted by Crippen LogP contribution is -2.61. The maximum Gasteiger partial charge on any atom is 0.325 e. The van der Waals surface area contributed by atoms with Crippen LogP contribution in [0.15, 0.2) is 47.8 Å². The summed E-state index contributed by atoms with van der Waals surface area (Å²) < 4.78 is 0. The second-order valence-corrected chi connectivity index (χ2v) is 21.5. The van der Waals surface area contributed by atoms with Gasteiger partial charge in [-0.2, -0.15) is 0 Å². The smallest absolute Gasteiger partial charge is 0.325 e. The molecule has 0 aliphatic carbocycles. The van der Waals surface area contributed by atoms with Crippen molar-refractivity contribution in [3.8, 4) is 0 Å². The first-order chi connectivity index (χ1) is 38.4. The molecule has 9 amide bonds. The number of nitrogens with one attached hydrogen (secondary N) is 8. The van der Waals surface area contributed by atoms with Crippen molar-refractivity contribution in [2.75, 3.05) is 26.2 Å². The number of rotatable bonds is 32. The van der Waals surface area contributed by atoms with Gasteiger partial charge in [0.15, 0.2) is 5.96 Å². The maximum absolute atomic E-state index is 14.5. The van der Waals surface area contributed by atoms with E-state index in [9.17, 15) is 58.2 Å². The third-order valence-electron chi connectivity index (χ3n) is 14.1. The second-order valence-electron chi connectivity index (χ2n) is 21.5. The number of guanidine groups is 1. The molecule has 2 fully saturated rings. The van der Waals surface area contributed by atoms with Gasteiger partial charge < -0.3 is 79.4 Å². The molecule has 10 atom stereocenters. The molecular formula is C54H85N15O12. The van der Waals surface area contributed by atoms with Gasteiger partial charge in [0.05, 0.1) is 19.0 Å². The monoisotopic (exact) mass is 1140 g/mol. The number of aromatic nitrogens is 2. The van der Waals surface area contributed by atoms with E-state index in [4.69, 9.17) is 17.2 Å². The van der Waals surface area contributed by atoms with Gasteiger partial charge in [-0.1, -0.05) is 77.8 Å². The van der Waals surface area contributed by atoms with E-state index in [1.165, 1.54) is 29.2 Å². The lowest BCUT2D eigenvalue weighted by atomic mass is 10.0. The number of unbranched alkanes of at least 4 members (excludes halogenated alkanes) is 1. The van der Waals surface area contributed by atoms with Crippen molar-refractivity contribution >= 4 is 65.1 Å². The summed E-state index contributed by atoms with van der Waals surface area (Å²) in [6.07, 6.45) is 6.32. The average Bonchev–Trinajstić information content (AvgIpc) is 4.27. The highest BCUT2D eigenvalue weighted by Crippen LogP contribution is 2.23. The van der Waals surface area contributed by atoms with E-state index in [0.29, 0.717) is 43.5 Å². The van der Waals surface area contributed by atoms with Crippen molar-refractivity contribution in [1.82, 2.24) is 57.0 Å². The number of carbonyl (C=O) groups excluding carboxylic acids is 9. The van der Waals surface area contributed by atoms with Gasteiger partial charge in [-0.15, -0.1) is 0 Å². The number of carboxylic acid groups (broad SMARTS) is 1. The number of carboxylic acids is 1. The number of H-pyrrole nitrogens is 1. The quantitative estimate of drug-likeness (QED) is 0.0213. The Balaban J connectivity index is 1.52. The fourth-order valence-corrected chi connectivity index (χ4v) is 9.60. The molecule has 0 radical (unpaired) electrons. The lowest BCUT2D eigenvalue weighted by molar-refractivity contribution is -0.144. The average molecular weight is 1140 g/mol. The predicted octanol–water partition coefficient (Wildman–Crippen LogP) is -2.06. The van der Waals surface area contributed by atoms with Crippen LogP contribution < -0.4 is 54.4 Å². The third kappa shape index (κ3) is 20.4. The highest BCUT2D eigenvalue weighted by atomic mass is 16.4. The minimum Gasteiger partial charge on any atom is -0.480 e. The van der Waals surface area contributed by atoms with Gasteiger partial charge in [0.1, 0.15) is 54.4 Å². The van der Waals surface area contributed by atoms with E-state index in [1.54, 1.807) is 44.2 Å². The fraction of sp³-hybridized carbons (Fsp3) is 0.630. The van der Waals surface area contributed by atoms with E-state index in [1.807, 2.05) is 20.8 Å².